The summed E-state index contributed by atoms with van der Waals surface area (Å²) in [7, 11) is 0. The summed E-state index contributed by atoms with van der Waals surface area (Å²) in [6.45, 7) is 0.644. The van der Waals surface area contributed by atoms with Crippen LogP contribution in [-0.4, -0.2) is 34.5 Å². The van der Waals surface area contributed by atoms with Gasteiger partial charge < -0.3 is 10.2 Å². The zero-order valence-electron chi connectivity index (χ0n) is 5.70. The van der Waals surface area contributed by atoms with E-state index in [2.05, 4.69) is 0 Å². The molecule has 1 unspecified atom stereocenters. The van der Waals surface area contributed by atoms with Crippen molar-refractivity contribution in [2.75, 3.05) is 6.61 Å². The molecule has 0 saturated heterocycles. The first-order valence-corrected chi connectivity index (χ1v) is 2.90. The summed E-state index contributed by atoms with van der Waals surface area (Å²) in [6, 6.07) is 0. The Morgan fingerprint density at radius 2 is 2.00 bits per heavy atom. The van der Waals surface area contributed by atoms with Crippen LogP contribution in [0, 0.1) is 0 Å². The van der Waals surface area contributed by atoms with Gasteiger partial charge in [0.15, 0.2) is 5.78 Å². The van der Waals surface area contributed by atoms with Crippen LogP contribution in [0.2, 0.25) is 0 Å². The van der Waals surface area contributed by atoms with Gasteiger partial charge in [-0.05, 0) is 0 Å². The van der Waals surface area contributed by atoms with Crippen molar-refractivity contribution in [1.29, 1.82) is 0 Å². The van der Waals surface area contributed by atoms with Crippen molar-refractivity contribution in [2.24, 2.45) is 0 Å². The molecule has 0 aromatic carbocycles. The second-order valence-corrected chi connectivity index (χ2v) is 2.02. The Bertz CT molecular complexity index is 141. The van der Waals surface area contributed by atoms with Crippen molar-refractivity contribution in [3.8, 4) is 0 Å². The molecule has 0 spiro atoms. The highest BCUT2D eigenvalue weighted by molar-refractivity contribution is 6.36. The van der Waals surface area contributed by atoms with Crippen molar-refractivity contribution >= 4 is 11.6 Å². The molecule has 0 aliphatic heterocycles. The Hall–Kier alpha value is -0.740. The molecule has 4 heteroatoms. The number of aliphatic hydroxyl groups is 2. The summed E-state index contributed by atoms with van der Waals surface area (Å²) in [5, 5.41) is 16.9. The molecule has 0 radical (unpaired) electrons. The van der Waals surface area contributed by atoms with Crippen LogP contribution >= 0.6 is 0 Å². The minimum absolute atomic E-state index is 0.286. The second-order valence-electron chi connectivity index (χ2n) is 2.02. The Labute approximate surface area is 58.5 Å². The average molecular weight is 146 g/mol. The fraction of sp³-hybridized carbons (Fsp3) is 0.667. The molecule has 0 aliphatic rings. The number of rotatable bonds is 4. The number of carbonyl (C=O) groups is 2. The van der Waals surface area contributed by atoms with Gasteiger partial charge in [0.1, 0.15) is 0 Å². The number of aliphatic hydroxyl groups excluding tert-OH is 2. The third kappa shape index (κ3) is 3.32. The van der Waals surface area contributed by atoms with E-state index in [-0.39, 0.29) is 6.42 Å². The maximum atomic E-state index is 10.5. The third-order valence-electron chi connectivity index (χ3n) is 1.02. The molecule has 0 bridgehead atoms. The highest BCUT2D eigenvalue weighted by atomic mass is 16.3. The average Bonchev–Trinajstić information content (AvgIpc) is 1.87. The van der Waals surface area contributed by atoms with Crippen molar-refractivity contribution in [3.05, 3.63) is 0 Å². The van der Waals surface area contributed by atoms with Gasteiger partial charge in [0.2, 0.25) is 5.78 Å². The highest BCUT2D eigenvalue weighted by Gasteiger charge is 2.12. The van der Waals surface area contributed by atoms with Gasteiger partial charge in [-0.3, -0.25) is 9.59 Å². The molecule has 0 heterocycles. The minimum Gasteiger partial charge on any atom is -0.394 e. The summed E-state index contributed by atoms with van der Waals surface area (Å²) < 4.78 is 0. The number of hydrogen-bond acceptors (Lipinski definition) is 4. The number of ketones is 2. The van der Waals surface area contributed by atoms with Crippen LogP contribution in [0.25, 0.3) is 0 Å². The molecule has 58 valence electrons. The molecule has 2 N–H and O–H groups in total. The summed E-state index contributed by atoms with van der Waals surface area (Å²) >= 11 is 0. The van der Waals surface area contributed by atoms with E-state index in [1.165, 1.54) is 0 Å². The van der Waals surface area contributed by atoms with Gasteiger partial charge >= 0.3 is 0 Å². The summed E-state index contributed by atoms with van der Waals surface area (Å²) in [4.78, 5) is 20.7. The quantitative estimate of drug-likeness (QED) is 0.493. The standard InChI is InChI=1S/C6H10O4/c1-4(8)6(10)2-5(9)3-7/h5,7,9H,2-3H2,1H3. The van der Waals surface area contributed by atoms with Crippen LogP contribution in [0.4, 0.5) is 0 Å². The Balaban J connectivity index is 3.68. The number of Topliss-reactive ketones (excluding diaryl/α,β-unsaturated/α-hetero) is 2. The fourth-order valence-corrected chi connectivity index (χ4v) is 0.422. The van der Waals surface area contributed by atoms with Gasteiger partial charge in [-0.25, -0.2) is 0 Å². The first-order chi connectivity index (χ1) is 4.57. The Morgan fingerprint density at radius 3 is 2.30 bits per heavy atom. The monoisotopic (exact) mass is 146 g/mol. The molecule has 10 heavy (non-hydrogen) atoms. The van der Waals surface area contributed by atoms with Gasteiger partial charge in [0, 0.05) is 13.3 Å². The molecule has 0 rings (SSSR count). The minimum atomic E-state index is -1.10. The summed E-state index contributed by atoms with van der Waals surface area (Å²) in [6.07, 6.45) is -1.39. The van der Waals surface area contributed by atoms with Crippen LogP contribution in [-0.2, 0) is 9.59 Å². The molecule has 0 amide bonds. The third-order valence-corrected chi connectivity index (χ3v) is 1.02. The van der Waals surface area contributed by atoms with E-state index in [9.17, 15) is 9.59 Å². The lowest BCUT2D eigenvalue weighted by atomic mass is 10.1. The van der Waals surface area contributed by atoms with Crippen molar-refractivity contribution in [2.45, 2.75) is 19.4 Å². The topological polar surface area (TPSA) is 74.6 Å². The van der Waals surface area contributed by atoms with E-state index < -0.39 is 24.3 Å². The first kappa shape index (κ1) is 9.26. The van der Waals surface area contributed by atoms with Crippen molar-refractivity contribution in [1.82, 2.24) is 0 Å². The molecular formula is C6H10O4. The fourth-order valence-electron chi connectivity index (χ4n) is 0.422. The van der Waals surface area contributed by atoms with Crippen LogP contribution in [0.15, 0.2) is 0 Å². The van der Waals surface area contributed by atoms with Gasteiger partial charge in [-0.15, -0.1) is 0 Å². The van der Waals surface area contributed by atoms with Crippen LogP contribution < -0.4 is 0 Å². The lowest BCUT2D eigenvalue weighted by Gasteiger charge is -2.02. The Kier molecular flexibility index (Phi) is 3.83. The predicted octanol–water partition coefficient (Wildman–Crippen LogP) is -1.11. The summed E-state index contributed by atoms with van der Waals surface area (Å²) in [5.41, 5.74) is 0. The maximum Gasteiger partial charge on any atom is 0.200 e. The second kappa shape index (κ2) is 4.14. The van der Waals surface area contributed by atoms with Gasteiger partial charge in [0.25, 0.3) is 0 Å². The number of carbonyl (C=O) groups excluding carboxylic acids is 2. The van der Waals surface area contributed by atoms with Crippen LogP contribution in [0.5, 0.6) is 0 Å². The molecule has 0 saturated carbocycles. The molecule has 0 fully saturated rings. The van der Waals surface area contributed by atoms with Gasteiger partial charge in [0.05, 0.1) is 12.7 Å². The van der Waals surface area contributed by atoms with Crippen LogP contribution in [0.3, 0.4) is 0 Å². The van der Waals surface area contributed by atoms with Gasteiger partial charge in [-0.2, -0.15) is 0 Å². The molecular weight excluding hydrogens is 136 g/mol. The van der Waals surface area contributed by atoms with Crippen molar-refractivity contribution < 1.29 is 19.8 Å². The van der Waals surface area contributed by atoms with Gasteiger partial charge in [-0.1, -0.05) is 0 Å². The van der Waals surface area contributed by atoms with E-state index >= 15 is 0 Å². The largest absolute Gasteiger partial charge is 0.394 e. The van der Waals surface area contributed by atoms with E-state index in [1.807, 2.05) is 0 Å². The zero-order valence-corrected chi connectivity index (χ0v) is 5.70. The molecule has 0 aliphatic carbocycles. The first-order valence-electron chi connectivity index (χ1n) is 2.90. The SMILES string of the molecule is CC(=O)C(=O)CC(O)CO. The smallest absolute Gasteiger partial charge is 0.200 e. The zero-order chi connectivity index (χ0) is 8.15. The van der Waals surface area contributed by atoms with Crippen LogP contribution in [0.1, 0.15) is 13.3 Å². The molecule has 1 atom stereocenters. The van der Waals surface area contributed by atoms with E-state index in [0.717, 1.165) is 6.92 Å². The molecule has 0 aromatic rings. The van der Waals surface area contributed by atoms with Crippen molar-refractivity contribution in [3.63, 3.8) is 0 Å². The molecule has 0 aromatic heterocycles. The van der Waals surface area contributed by atoms with E-state index in [0.29, 0.717) is 0 Å². The van der Waals surface area contributed by atoms with E-state index in [1.54, 1.807) is 0 Å². The number of hydrogen-bond donors (Lipinski definition) is 2. The van der Waals surface area contributed by atoms with E-state index in [4.69, 9.17) is 10.2 Å². The lowest BCUT2D eigenvalue weighted by molar-refractivity contribution is -0.136. The Morgan fingerprint density at radius 1 is 1.50 bits per heavy atom. The lowest BCUT2D eigenvalue weighted by Crippen LogP contribution is -2.21. The molecule has 4 nitrogen and oxygen atoms in total. The predicted molar refractivity (Wildman–Crippen MR) is 33.4 cm³/mol. The maximum absolute atomic E-state index is 10.5. The highest BCUT2D eigenvalue weighted by Crippen LogP contribution is 1.91. The normalized spacial score (nSPS) is 12.7. The summed E-state index contributed by atoms with van der Waals surface area (Å²) in [5.74, 6) is -1.24.